The number of amides is 1. The molecule has 1 saturated heterocycles. The topological polar surface area (TPSA) is 117 Å². The quantitative estimate of drug-likeness (QED) is 0.250. The van der Waals surface area contributed by atoms with E-state index in [1.165, 1.54) is 6.07 Å². The molecule has 4 aromatic rings. The lowest BCUT2D eigenvalue weighted by Gasteiger charge is -2.26. The van der Waals surface area contributed by atoms with Crippen molar-refractivity contribution < 1.29 is 23.8 Å². The molecule has 198 valence electrons. The molecule has 9 nitrogen and oxygen atoms in total. The first-order valence-electron chi connectivity index (χ1n) is 12.3. The summed E-state index contributed by atoms with van der Waals surface area (Å²) in [6, 6.07) is 22.4. The zero-order valence-electron chi connectivity index (χ0n) is 21.0. The molecule has 10 heteroatoms. The summed E-state index contributed by atoms with van der Waals surface area (Å²) in [5.74, 6) is 0.514. The number of para-hydroxylation sites is 2. The van der Waals surface area contributed by atoms with E-state index < -0.39 is 5.97 Å². The fraction of sp³-hybridized carbons (Fsp3) is 0.172. The molecule has 39 heavy (non-hydrogen) atoms. The Morgan fingerprint density at radius 1 is 1.10 bits per heavy atom. The van der Waals surface area contributed by atoms with Crippen LogP contribution in [0.3, 0.4) is 0 Å². The van der Waals surface area contributed by atoms with Crippen molar-refractivity contribution >= 4 is 34.9 Å². The molecular weight excluding hydrogens is 516 g/mol. The molecule has 0 radical (unpaired) electrons. The van der Waals surface area contributed by atoms with E-state index in [1.807, 2.05) is 41.3 Å². The van der Waals surface area contributed by atoms with Crippen molar-refractivity contribution in [3.05, 3.63) is 102 Å². The van der Waals surface area contributed by atoms with Gasteiger partial charge in [-0.25, -0.2) is 4.79 Å². The average molecular weight is 543 g/mol. The Labute approximate surface area is 230 Å². The van der Waals surface area contributed by atoms with Crippen LogP contribution in [-0.4, -0.2) is 45.6 Å². The van der Waals surface area contributed by atoms with Gasteiger partial charge in [0.2, 0.25) is 5.91 Å². The minimum atomic E-state index is -1.01. The van der Waals surface area contributed by atoms with Gasteiger partial charge in [-0.05, 0) is 60.7 Å². The van der Waals surface area contributed by atoms with Crippen molar-refractivity contribution in [2.75, 3.05) is 19.0 Å². The maximum absolute atomic E-state index is 12.9. The number of nitrogens with zero attached hydrogens (tertiary/aromatic N) is 2. The molecule has 0 spiro atoms. The fourth-order valence-corrected chi connectivity index (χ4v) is 4.94. The largest absolute Gasteiger partial charge is 0.495 e. The molecule has 1 amide bonds. The van der Waals surface area contributed by atoms with E-state index in [0.717, 1.165) is 5.69 Å². The number of pyridine rings is 1. The summed E-state index contributed by atoms with van der Waals surface area (Å²) in [6.07, 6.45) is 1.88. The number of methoxy groups -OCH3 is 1. The van der Waals surface area contributed by atoms with Gasteiger partial charge in [-0.15, -0.1) is 0 Å². The Kier molecular flexibility index (Phi) is 7.55. The van der Waals surface area contributed by atoms with Gasteiger partial charge in [0.05, 0.1) is 30.1 Å². The number of ether oxygens (including phenoxy) is 1. The van der Waals surface area contributed by atoms with Crippen LogP contribution in [0.1, 0.15) is 40.3 Å². The zero-order valence-corrected chi connectivity index (χ0v) is 21.9. The minimum absolute atomic E-state index is 0.166. The first kappa shape index (κ1) is 25.9. The number of benzene rings is 2. The number of aromatic carboxylic acids is 1. The van der Waals surface area contributed by atoms with E-state index in [0.29, 0.717) is 40.2 Å². The summed E-state index contributed by atoms with van der Waals surface area (Å²) in [4.78, 5) is 30.8. The molecule has 5 rings (SSSR count). The first-order valence-corrected chi connectivity index (χ1v) is 12.7. The lowest BCUT2D eigenvalue weighted by atomic mass is 10.0. The van der Waals surface area contributed by atoms with E-state index in [4.69, 9.17) is 21.4 Å². The van der Waals surface area contributed by atoms with Gasteiger partial charge in [0.1, 0.15) is 23.3 Å². The minimum Gasteiger partial charge on any atom is -0.495 e. The van der Waals surface area contributed by atoms with Crippen LogP contribution < -0.4 is 15.4 Å². The summed E-state index contributed by atoms with van der Waals surface area (Å²) in [6.45, 7) is 0.325. The fourth-order valence-electron chi connectivity index (χ4n) is 4.61. The van der Waals surface area contributed by atoms with E-state index in [2.05, 4.69) is 15.6 Å². The number of carboxylic acid groups (broad SMARTS) is 1. The van der Waals surface area contributed by atoms with Crippen LogP contribution in [0, 0.1) is 0 Å². The second-order valence-electron chi connectivity index (χ2n) is 8.91. The predicted octanol–water partition coefficient (Wildman–Crippen LogP) is 5.05. The second kappa shape index (κ2) is 11.4. The number of thiocarbonyl (C=S) groups is 1. The van der Waals surface area contributed by atoms with E-state index in [-0.39, 0.29) is 30.0 Å². The summed E-state index contributed by atoms with van der Waals surface area (Å²) in [5.41, 5.74) is 2.18. The van der Waals surface area contributed by atoms with E-state index >= 15 is 0 Å². The van der Waals surface area contributed by atoms with Crippen molar-refractivity contribution in [1.82, 2.24) is 15.2 Å². The van der Waals surface area contributed by atoms with Crippen molar-refractivity contribution in [2.45, 2.75) is 18.5 Å². The van der Waals surface area contributed by atoms with Gasteiger partial charge in [-0.2, -0.15) is 0 Å². The number of nitrogens with one attached hydrogen (secondary N) is 2. The summed E-state index contributed by atoms with van der Waals surface area (Å²) in [5, 5.41) is 16.1. The molecule has 2 aromatic heterocycles. The number of carbonyl (C=O) groups excluding carboxylic acids is 1. The van der Waals surface area contributed by atoms with Gasteiger partial charge in [0.25, 0.3) is 0 Å². The number of hydrogen-bond donors (Lipinski definition) is 3. The maximum Gasteiger partial charge on any atom is 0.335 e. The number of furan rings is 1. The predicted molar refractivity (Wildman–Crippen MR) is 150 cm³/mol. The monoisotopic (exact) mass is 542 g/mol. The molecule has 2 aromatic carbocycles. The summed E-state index contributed by atoms with van der Waals surface area (Å²) < 4.78 is 11.6. The number of anilines is 1. The molecule has 2 atom stereocenters. The third-order valence-electron chi connectivity index (χ3n) is 6.47. The summed E-state index contributed by atoms with van der Waals surface area (Å²) in [7, 11) is 1.55. The van der Waals surface area contributed by atoms with E-state index in [1.54, 1.807) is 49.7 Å². The Bertz CT molecular complexity index is 1510. The van der Waals surface area contributed by atoms with Gasteiger partial charge in [-0.1, -0.05) is 30.3 Å². The van der Waals surface area contributed by atoms with Gasteiger partial charge >= 0.3 is 5.97 Å². The maximum atomic E-state index is 12.9. The number of carboxylic acids is 1. The number of carbonyl (C=O) groups is 2. The van der Waals surface area contributed by atoms with Crippen LogP contribution >= 0.6 is 12.2 Å². The Morgan fingerprint density at radius 2 is 1.92 bits per heavy atom. The highest BCUT2D eigenvalue weighted by Gasteiger charge is 2.41. The van der Waals surface area contributed by atoms with Crippen molar-refractivity contribution in [1.29, 1.82) is 0 Å². The average Bonchev–Trinajstić information content (AvgIpc) is 3.57. The molecular formula is C29H26N4O5S. The molecule has 1 fully saturated rings. The third kappa shape index (κ3) is 5.60. The van der Waals surface area contributed by atoms with Crippen molar-refractivity contribution in [3.8, 4) is 17.1 Å². The lowest BCUT2D eigenvalue weighted by molar-refractivity contribution is -0.116. The van der Waals surface area contributed by atoms with Gasteiger partial charge in [0.15, 0.2) is 5.11 Å². The summed E-state index contributed by atoms with van der Waals surface area (Å²) >= 11 is 5.69. The van der Waals surface area contributed by atoms with Crippen molar-refractivity contribution in [3.63, 3.8) is 0 Å². The third-order valence-corrected chi connectivity index (χ3v) is 6.82. The normalized spacial score (nSPS) is 16.5. The Morgan fingerprint density at radius 3 is 2.69 bits per heavy atom. The molecule has 0 saturated carbocycles. The lowest BCUT2D eigenvalue weighted by Crippen LogP contribution is -2.32. The molecule has 0 unspecified atom stereocenters. The highest BCUT2D eigenvalue weighted by atomic mass is 32.1. The first-order chi connectivity index (χ1) is 18.9. The molecule has 1 aliphatic heterocycles. The smallest absolute Gasteiger partial charge is 0.335 e. The van der Waals surface area contributed by atoms with Crippen LogP contribution in [0.15, 0.2) is 89.5 Å². The standard InChI is InChI=1S/C29H26N4O5S/c1-37-23-11-3-2-9-20(23)31-25(34)14-16-33-27(26(32-29(33)39)21-10-4-5-15-30-21)24-13-12-22(38-24)18-7-6-8-19(17-18)28(35)36/h2-13,15,17,26-27H,14,16H2,1H3,(H,31,34)(H,32,39)(H,35,36)/t26-,27+/m0/s1. The molecule has 1 aliphatic rings. The number of hydrogen-bond acceptors (Lipinski definition) is 6. The zero-order chi connectivity index (χ0) is 27.4. The van der Waals surface area contributed by atoms with Crippen LogP contribution in [-0.2, 0) is 4.79 Å². The second-order valence-corrected chi connectivity index (χ2v) is 9.29. The molecule has 3 heterocycles. The highest BCUT2D eigenvalue weighted by Crippen LogP contribution is 2.40. The Balaban J connectivity index is 1.41. The number of rotatable bonds is 9. The van der Waals surface area contributed by atoms with Crippen molar-refractivity contribution in [2.24, 2.45) is 0 Å². The van der Waals surface area contributed by atoms with Gasteiger partial charge in [-0.3, -0.25) is 9.78 Å². The molecule has 0 aliphatic carbocycles. The molecule has 3 N–H and O–H groups in total. The van der Waals surface area contributed by atoms with Gasteiger partial charge < -0.3 is 29.8 Å². The highest BCUT2D eigenvalue weighted by molar-refractivity contribution is 7.80. The Hall–Kier alpha value is -4.70. The van der Waals surface area contributed by atoms with Crippen LogP contribution in [0.4, 0.5) is 5.69 Å². The van der Waals surface area contributed by atoms with E-state index in [9.17, 15) is 14.7 Å². The SMILES string of the molecule is COc1ccccc1NC(=O)CCN1C(=S)N[C@@H](c2ccccn2)[C@H]1c1ccc(-c2cccc(C(=O)O)c2)o1. The van der Waals surface area contributed by atoms with Crippen LogP contribution in [0.5, 0.6) is 5.75 Å². The van der Waals surface area contributed by atoms with Crippen LogP contribution in [0.2, 0.25) is 0 Å². The molecule has 0 bridgehead atoms. The van der Waals surface area contributed by atoms with Crippen LogP contribution in [0.25, 0.3) is 11.3 Å². The van der Waals surface area contributed by atoms with Gasteiger partial charge in [0, 0.05) is 24.7 Å². The number of aromatic nitrogens is 1.